The molecule has 0 aromatic carbocycles. The van der Waals surface area contributed by atoms with Crippen molar-refractivity contribution >= 4 is 11.7 Å². The molecule has 0 amide bonds. The summed E-state index contributed by atoms with van der Waals surface area (Å²) in [5.74, 6) is -0.795. The Morgan fingerprint density at radius 3 is 2.69 bits per heavy atom. The average Bonchev–Trinajstić information content (AvgIpc) is 2.28. The van der Waals surface area contributed by atoms with Gasteiger partial charge in [0.2, 0.25) is 0 Å². The van der Waals surface area contributed by atoms with Crippen LogP contribution in [-0.2, 0) is 11.3 Å². The maximum atomic E-state index is 12.6. The van der Waals surface area contributed by atoms with Gasteiger partial charge in [-0.05, 0) is 6.07 Å². The largest absolute Gasteiger partial charge is 0.465 e. The molecular formula is C9H11F2N3O2. The number of nitrogen functional groups attached to an aromatic ring is 1. The number of rotatable bonds is 3. The molecule has 1 aromatic rings. The predicted octanol–water partition coefficient (Wildman–Crippen LogP) is 0.847. The number of hydrogen-bond donors (Lipinski definition) is 2. The summed E-state index contributed by atoms with van der Waals surface area (Å²) in [5.41, 5.74) is 9.67. The van der Waals surface area contributed by atoms with Gasteiger partial charge in [-0.1, -0.05) is 0 Å². The van der Waals surface area contributed by atoms with E-state index in [1.54, 1.807) is 0 Å². The van der Waals surface area contributed by atoms with Gasteiger partial charge < -0.3 is 16.2 Å². The summed E-state index contributed by atoms with van der Waals surface area (Å²) in [6.07, 6.45) is -2.87. The molecule has 0 fully saturated rings. The highest BCUT2D eigenvalue weighted by Gasteiger charge is 2.21. The van der Waals surface area contributed by atoms with Crippen LogP contribution in [0.5, 0.6) is 0 Å². The fourth-order valence-corrected chi connectivity index (χ4v) is 1.18. The topological polar surface area (TPSA) is 91.2 Å². The molecule has 0 spiro atoms. The van der Waals surface area contributed by atoms with Crippen LogP contribution in [0.25, 0.3) is 0 Å². The van der Waals surface area contributed by atoms with E-state index < -0.39 is 18.1 Å². The van der Waals surface area contributed by atoms with Crippen LogP contribution in [0.4, 0.5) is 14.5 Å². The molecule has 7 heteroatoms. The fraction of sp³-hybridized carbons (Fsp3) is 0.333. The Bertz CT molecular complexity index is 410. The normalized spacial score (nSPS) is 10.6. The second kappa shape index (κ2) is 4.84. The number of nitrogens with two attached hydrogens (primary N) is 2. The molecule has 0 unspecified atom stereocenters. The molecule has 0 saturated carbocycles. The first-order valence-electron chi connectivity index (χ1n) is 4.37. The molecule has 0 atom stereocenters. The van der Waals surface area contributed by atoms with E-state index in [0.29, 0.717) is 0 Å². The van der Waals surface area contributed by atoms with E-state index in [1.165, 1.54) is 6.07 Å². The molecule has 0 saturated heterocycles. The number of ether oxygens (including phenoxy) is 1. The molecular weight excluding hydrogens is 220 g/mol. The number of aromatic nitrogens is 1. The quantitative estimate of drug-likeness (QED) is 0.752. The van der Waals surface area contributed by atoms with Gasteiger partial charge in [-0.3, -0.25) is 0 Å². The fourth-order valence-electron chi connectivity index (χ4n) is 1.18. The Morgan fingerprint density at radius 1 is 1.62 bits per heavy atom. The van der Waals surface area contributed by atoms with Crippen molar-refractivity contribution in [2.24, 2.45) is 5.73 Å². The van der Waals surface area contributed by atoms with Gasteiger partial charge in [0, 0.05) is 6.54 Å². The Kier molecular flexibility index (Phi) is 3.73. The Labute approximate surface area is 90.4 Å². The van der Waals surface area contributed by atoms with E-state index in [1.807, 2.05) is 0 Å². The van der Waals surface area contributed by atoms with Gasteiger partial charge in [-0.25, -0.2) is 18.6 Å². The highest BCUT2D eigenvalue weighted by molar-refractivity contribution is 5.95. The molecule has 1 rings (SSSR count). The van der Waals surface area contributed by atoms with Gasteiger partial charge in [0.1, 0.15) is 5.69 Å². The van der Waals surface area contributed by atoms with Crippen molar-refractivity contribution in [1.29, 1.82) is 0 Å². The number of halogens is 2. The highest BCUT2D eigenvalue weighted by atomic mass is 19.3. The van der Waals surface area contributed by atoms with E-state index in [2.05, 4.69) is 9.72 Å². The number of pyridine rings is 1. The van der Waals surface area contributed by atoms with Gasteiger partial charge in [0.05, 0.1) is 24.1 Å². The van der Waals surface area contributed by atoms with E-state index in [0.717, 1.165) is 7.11 Å². The van der Waals surface area contributed by atoms with E-state index in [-0.39, 0.29) is 23.5 Å². The minimum absolute atomic E-state index is 0.0655. The second-order valence-electron chi connectivity index (χ2n) is 2.96. The zero-order valence-electron chi connectivity index (χ0n) is 8.54. The summed E-state index contributed by atoms with van der Waals surface area (Å²) in [7, 11) is 1.13. The number of alkyl halides is 2. The SMILES string of the molecule is COC(=O)c1cc(CN)nc(C(F)F)c1N. The van der Waals surface area contributed by atoms with Crippen LogP contribution in [0, 0.1) is 0 Å². The summed E-state index contributed by atoms with van der Waals surface area (Å²) in [4.78, 5) is 14.8. The first-order valence-corrected chi connectivity index (χ1v) is 4.37. The molecule has 0 bridgehead atoms. The van der Waals surface area contributed by atoms with E-state index >= 15 is 0 Å². The molecule has 1 heterocycles. The third kappa shape index (κ3) is 2.25. The third-order valence-corrected chi connectivity index (χ3v) is 1.96. The van der Waals surface area contributed by atoms with Gasteiger partial charge in [-0.15, -0.1) is 0 Å². The lowest BCUT2D eigenvalue weighted by Gasteiger charge is -2.10. The van der Waals surface area contributed by atoms with Crippen LogP contribution >= 0.6 is 0 Å². The van der Waals surface area contributed by atoms with E-state index in [9.17, 15) is 13.6 Å². The number of anilines is 1. The zero-order valence-corrected chi connectivity index (χ0v) is 8.54. The second-order valence-corrected chi connectivity index (χ2v) is 2.96. The number of carbonyl (C=O) groups excluding carboxylic acids is 1. The monoisotopic (exact) mass is 231 g/mol. The third-order valence-electron chi connectivity index (χ3n) is 1.96. The standard InChI is InChI=1S/C9H11F2N3O2/c1-16-9(15)5-2-4(3-12)14-7(6(5)13)8(10)11/h2,8H,3,12-13H2,1H3. The molecule has 4 N–H and O–H groups in total. The van der Waals surface area contributed by atoms with Crippen LogP contribution in [0.2, 0.25) is 0 Å². The van der Waals surface area contributed by atoms with Crippen LogP contribution < -0.4 is 11.5 Å². The van der Waals surface area contributed by atoms with Crippen LogP contribution in [-0.4, -0.2) is 18.1 Å². The van der Waals surface area contributed by atoms with Crippen molar-refractivity contribution in [3.63, 3.8) is 0 Å². The van der Waals surface area contributed by atoms with Crippen LogP contribution in [0.1, 0.15) is 28.2 Å². The maximum absolute atomic E-state index is 12.6. The van der Waals surface area contributed by atoms with Gasteiger partial charge in [0.25, 0.3) is 6.43 Å². The number of esters is 1. The van der Waals surface area contributed by atoms with Crippen molar-refractivity contribution in [2.45, 2.75) is 13.0 Å². The molecule has 16 heavy (non-hydrogen) atoms. The Balaban J connectivity index is 3.37. The minimum atomic E-state index is -2.87. The smallest absolute Gasteiger partial charge is 0.340 e. The molecule has 0 radical (unpaired) electrons. The molecule has 0 aliphatic rings. The van der Waals surface area contributed by atoms with Crippen molar-refractivity contribution in [1.82, 2.24) is 4.98 Å². The van der Waals surface area contributed by atoms with Gasteiger partial charge in [-0.2, -0.15) is 0 Å². The molecule has 1 aromatic heterocycles. The number of methoxy groups -OCH3 is 1. The number of carbonyl (C=O) groups is 1. The Morgan fingerprint density at radius 2 is 2.25 bits per heavy atom. The summed E-state index contributed by atoms with van der Waals surface area (Å²) >= 11 is 0. The lowest BCUT2D eigenvalue weighted by molar-refractivity contribution is 0.0601. The first-order chi connectivity index (χ1) is 7.51. The molecule has 0 aliphatic heterocycles. The minimum Gasteiger partial charge on any atom is -0.465 e. The molecule has 88 valence electrons. The van der Waals surface area contributed by atoms with Crippen LogP contribution in [0.15, 0.2) is 6.07 Å². The molecule has 5 nitrogen and oxygen atoms in total. The first kappa shape index (κ1) is 12.3. The lowest BCUT2D eigenvalue weighted by atomic mass is 10.1. The van der Waals surface area contributed by atoms with Gasteiger partial charge >= 0.3 is 5.97 Å². The van der Waals surface area contributed by atoms with E-state index in [4.69, 9.17) is 11.5 Å². The van der Waals surface area contributed by atoms with Crippen molar-refractivity contribution < 1.29 is 18.3 Å². The predicted molar refractivity (Wildman–Crippen MR) is 52.8 cm³/mol. The molecule has 0 aliphatic carbocycles. The average molecular weight is 231 g/mol. The summed E-state index contributed by atoms with van der Waals surface area (Å²) in [6, 6.07) is 1.24. The number of nitrogens with zero attached hydrogens (tertiary/aromatic N) is 1. The maximum Gasteiger partial charge on any atom is 0.340 e. The Hall–Kier alpha value is -1.76. The highest BCUT2D eigenvalue weighted by Crippen LogP contribution is 2.26. The summed E-state index contributed by atoms with van der Waals surface area (Å²) in [6.45, 7) is -0.0655. The summed E-state index contributed by atoms with van der Waals surface area (Å²) in [5, 5.41) is 0. The number of hydrogen-bond acceptors (Lipinski definition) is 5. The van der Waals surface area contributed by atoms with Crippen molar-refractivity contribution in [2.75, 3.05) is 12.8 Å². The van der Waals surface area contributed by atoms with Crippen molar-refractivity contribution in [3.05, 3.63) is 23.0 Å². The van der Waals surface area contributed by atoms with Crippen LogP contribution in [0.3, 0.4) is 0 Å². The zero-order chi connectivity index (χ0) is 12.3. The van der Waals surface area contributed by atoms with Gasteiger partial charge in [0.15, 0.2) is 0 Å². The van der Waals surface area contributed by atoms with Crippen molar-refractivity contribution in [3.8, 4) is 0 Å². The lowest BCUT2D eigenvalue weighted by Crippen LogP contribution is -2.13. The summed E-state index contributed by atoms with van der Waals surface area (Å²) < 4.78 is 29.5.